The van der Waals surface area contributed by atoms with E-state index in [1.807, 2.05) is 30.3 Å². The van der Waals surface area contributed by atoms with Gasteiger partial charge < -0.3 is 10.3 Å². The Bertz CT molecular complexity index is 1200. The molecule has 2 aromatic carbocycles. The number of carbonyl (C=O) groups excluding carboxylic acids is 1. The average molecular weight is 426 g/mol. The first kappa shape index (κ1) is 20.6. The minimum absolute atomic E-state index is 0.116. The molecule has 0 unspecified atom stereocenters. The highest BCUT2D eigenvalue weighted by Crippen LogP contribution is 2.32. The number of rotatable bonds is 6. The molecule has 0 saturated heterocycles. The van der Waals surface area contributed by atoms with Crippen LogP contribution in [0.15, 0.2) is 42.5 Å². The maximum absolute atomic E-state index is 12.8. The van der Waals surface area contributed by atoms with Gasteiger partial charge in [0, 0.05) is 28.7 Å². The Morgan fingerprint density at radius 3 is 2.70 bits per heavy atom. The summed E-state index contributed by atoms with van der Waals surface area (Å²) in [6.07, 6.45) is 3.28. The van der Waals surface area contributed by atoms with Crippen LogP contribution in [0.25, 0.3) is 10.9 Å². The number of benzene rings is 2. The second-order valence-corrected chi connectivity index (χ2v) is 10.0. The third-order valence-electron chi connectivity index (χ3n) is 5.91. The number of hydrogen-bond donors (Lipinski definition) is 3. The van der Waals surface area contributed by atoms with Crippen LogP contribution in [0.1, 0.15) is 46.1 Å². The molecule has 30 heavy (non-hydrogen) atoms. The van der Waals surface area contributed by atoms with Gasteiger partial charge >= 0.3 is 0 Å². The van der Waals surface area contributed by atoms with E-state index in [-0.39, 0.29) is 18.2 Å². The highest BCUT2D eigenvalue weighted by molar-refractivity contribution is 7.88. The lowest BCUT2D eigenvalue weighted by Gasteiger charge is -2.18. The zero-order valence-corrected chi connectivity index (χ0v) is 18.1. The van der Waals surface area contributed by atoms with Gasteiger partial charge in [-0.3, -0.25) is 4.79 Å². The van der Waals surface area contributed by atoms with Gasteiger partial charge in [0.15, 0.2) is 0 Å². The van der Waals surface area contributed by atoms with Crippen LogP contribution in [0.2, 0.25) is 0 Å². The topological polar surface area (TPSA) is 91.1 Å². The van der Waals surface area contributed by atoms with E-state index in [0.717, 1.165) is 29.3 Å². The van der Waals surface area contributed by atoms with Crippen LogP contribution in [0.4, 0.5) is 0 Å². The minimum atomic E-state index is -3.38. The van der Waals surface area contributed by atoms with E-state index in [0.29, 0.717) is 17.0 Å². The molecule has 0 saturated carbocycles. The summed E-state index contributed by atoms with van der Waals surface area (Å²) in [5.74, 6) is 0.371. The number of carbonyl (C=O) groups is 1. The molecular formula is C23H27N3O3S. The van der Waals surface area contributed by atoms with Crippen molar-refractivity contribution in [3.8, 4) is 0 Å². The summed E-state index contributed by atoms with van der Waals surface area (Å²) in [5, 5.41) is 4.07. The van der Waals surface area contributed by atoms with E-state index in [1.54, 1.807) is 12.1 Å². The Morgan fingerprint density at radius 2 is 1.93 bits per heavy atom. The van der Waals surface area contributed by atoms with E-state index in [2.05, 4.69) is 21.9 Å². The van der Waals surface area contributed by atoms with E-state index >= 15 is 0 Å². The van der Waals surface area contributed by atoms with Crippen LogP contribution in [0, 0.1) is 5.92 Å². The lowest BCUT2D eigenvalue weighted by Crippen LogP contribution is -2.25. The number of H-pyrrole nitrogens is 1. The number of aryl methyl sites for hydroxylation is 1. The zero-order chi connectivity index (χ0) is 21.3. The number of aromatic amines is 1. The first-order chi connectivity index (χ1) is 14.4. The number of nitrogens with one attached hydrogen (secondary N) is 3. The Labute approximate surface area is 177 Å². The SMILES string of the molecule is CNS(=O)(=O)Cc1ccccc1CNC(=O)c1ccc2[nH]c3c(c2c1)C[C@@H](C)CC3. The second kappa shape index (κ2) is 8.24. The Kier molecular flexibility index (Phi) is 5.66. The Balaban J connectivity index is 1.53. The number of amides is 1. The first-order valence-electron chi connectivity index (χ1n) is 10.3. The molecule has 1 atom stereocenters. The van der Waals surface area contributed by atoms with E-state index in [9.17, 15) is 13.2 Å². The maximum atomic E-state index is 12.8. The summed E-state index contributed by atoms with van der Waals surface area (Å²) < 4.78 is 26.2. The molecule has 1 aromatic heterocycles. The lowest BCUT2D eigenvalue weighted by atomic mass is 9.87. The Hall–Kier alpha value is -2.64. The Morgan fingerprint density at radius 1 is 1.17 bits per heavy atom. The number of hydrogen-bond acceptors (Lipinski definition) is 3. The number of aromatic nitrogens is 1. The van der Waals surface area contributed by atoms with Gasteiger partial charge in [-0.05, 0) is 67.1 Å². The van der Waals surface area contributed by atoms with E-state index < -0.39 is 10.0 Å². The van der Waals surface area contributed by atoms with Crippen LogP contribution >= 0.6 is 0 Å². The molecule has 7 heteroatoms. The van der Waals surface area contributed by atoms with Gasteiger partial charge in [0.25, 0.3) is 5.91 Å². The predicted molar refractivity (Wildman–Crippen MR) is 119 cm³/mol. The molecule has 0 spiro atoms. The van der Waals surface area contributed by atoms with Crippen LogP contribution in [-0.2, 0) is 35.2 Å². The fraction of sp³-hybridized carbons (Fsp3) is 0.348. The van der Waals surface area contributed by atoms with Crippen LogP contribution < -0.4 is 10.0 Å². The molecule has 3 aromatic rings. The van der Waals surface area contributed by atoms with E-state index in [1.165, 1.54) is 24.7 Å². The molecule has 0 bridgehead atoms. The number of sulfonamides is 1. The van der Waals surface area contributed by atoms with Crippen molar-refractivity contribution in [2.24, 2.45) is 5.92 Å². The van der Waals surface area contributed by atoms with Crippen molar-refractivity contribution in [2.45, 2.75) is 38.5 Å². The molecule has 4 rings (SSSR count). The van der Waals surface area contributed by atoms with Crippen LogP contribution in [0.3, 0.4) is 0 Å². The van der Waals surface area contributed by atoms with Gasteiger partial charge in [-0.2, -0.15) is 0 Å². The number of fused-ring (bicyclic) bond motifs is 3. The summed E-state index contributed by atoms with van der Waals surface area (Å²) in [4.78, 5) is 16.3. The predicted octanol–water partition coefficient (Wildman–Crippen LogP) is 3.27. The van der Waals surface area contributed by atoms with Crippen LogP contribution in [0.5, 0.6) is 0 Å². The van der Waals surface area contributed by atoms with Gasteiger partial charge in [0.2, 0.25) is 10.0 Å². The summed E-state index contributed by atoms with van der Waals surface area (Å²) in [7, 11) is -1.98. The molecule has 0 aliphatic heterocycles. The van der Waals surface area contributed by atoms with Gasteiger partial charge in [0.1, 0.15) is 0 Å². The molecule has 1 aliphatic carbocycles. The highest BCUT2D eigenvalue weighted by Gasteiger charge is 2.20. The molecule has 1 amide bonds. The van der Waals surface area contributed by atoms with Gasteiger partial charge in [-0.25, -0.2) is 13.1 Å². The quantitative estimate of drug-likeness (QED) is 0.566. The first-order valence-corrected chi connectivity index (χ1v) is 11.9. The minimum Gasteiger partial charge on any atom is -0.358 e. The standard InChI is InChI=1S/C23H27N3O3S/c1-15-7-9-21-19(11-15)20-12-16(8-10-22(20)26-21)23(27)25-13-17-5-3-4-6-18(17)14-30(28,29)24-2/h3-6,8,10,12,15,24,26H,7,9,11,13-14H2,1-2H3,(H,25,27)/t15-/m0/s1. The van der Waals surface area contributed by atoms with Crippen molar-refractivity contribution < 1.29 is 13.2 Å². The molecule has 3 N–H and O–H groups in total. The van der Waals surface area contributed by atoms with Crippen molar-refractivity contribution in [3.05, 3.63) is 70.4 Å². The molecule has 158 valence electrons. The largest absolute Gasteiger partial charge is 0.358 e. The summed E-state index contributed by atoms with van der Waals surface area (Å²) in [6.45, 7) is 2.54. The molecule has 0 radical (unpaired) electrons. The smallest absolute Gasteiger partial charge is 0.251 e. The summed E-state index contributed by atoms with van der Waals surface area (Å²) in [6, 6.07) is 13.0. The third-order valence-corrected chi connectivity index (χ3v) is 7.22. The monoisotopic (exact) mass is 425 g/mol. The fourth-order valence-electron chi connectivity index (χ4n) is 4.16. The van der Waals surface area contributed by atoms with Crippen molar-refractivity contribution in [3.63, 3.8) is 0 Å². The van der Waals surface area contributed by atoms with Crippen molar-refractivity contribution in [2.75, 3.05) is 7.05 Å². The average Bonchev–Trinajstić information content (AvgIpc) is 3.09. The molecule has 1 aliphatic rings. The maximum Gasteiger partial charge on any atom is 0.251 e. The fourth-order valence-corrected chi connectivity index (χ4v) is 4.99. The second-order valence-electron chi connectivity index (χ2n) is 8.11. The highest BCUT2D eigenvalue weighted by atomic mass is 32.2. The van der Waals surface area contributed by atoms with Crippen molar-refractivity contribution >= 4 is 26.8 Å². The summed E-state index contributed by atoms with van der Waals surface area (Å²) >= 11 is 0. The zero-order valence-electron chi connectivity index (χ0n) is 17.3. The molecule has 0 fully saturated rings. The lowest BCUT2D eigenvalue weighted by molar-refractivity contribution is 0.0951. The van der Waals surface area contributed by atoms with Gasteiger partial charge in [-0.15, -0.1) is 0 Å². The van der Waals surface area contributed by atoms with Crippen LogP contribution in [-0.4, -0.2) is 26.4 Å². The molecular weight excluding hydrogens is 398 g/mol. The van der Waals surface area contributed by atoms with Gasteiger partial charge in [0.05, 0.1) is 5.75 Å². The third kappa shape index (κ3) is 4.27. The molecule has 1 heterocycles. The normalized spacial score (nSPS) is 16.4. The van der Waals surface area contributed by atoms with Gasteiger partial charge in [-0.1, -0.05) is 31.2 Å². The van der Waals surface area contributed by atoms with Crippen molar-refractivity contribution in [1.29, 1.82) is 0 Å². The summed E-state index contributed by atoms with van der Waals surface area (Å²) in [5.41, 5.74) is 5.78. The molecule has 6 nitrogen and oxygen atoms in total. The van der Waals surface area contributed by atoms with Crippen molar-refractivity contribution in [1.82, 2.24) is 15.0 Å². The van der Waals surface area contributed by atoms with E-state index in [4.69, 9.17) is 0 Å².